The van der Waals surface area contributed by atoms with Crippen LogP contribution >= 0.6 is 0 Å². The first kappa shape index (κ1) is 18.7. The molecule has 5 nitrogen and oxygen atoms in total. The van der Waals surface area contributed by atoms with Gasteiger partial charge in [0.25, 0.3) is 0 Å². The Morgan fingerprint density at radius 2 is 1.46 bits per heavy atom. The maximum atomic E-state index is 11.3. The Bertz CT molecular complexity index is 948. The van der Waals surface area contributed by atoms with Gasteiger partial charge in [-0.05, 0) is 5.56 Å². The highest BCUT2D eigenvalue weighted by Crippen LogP contribution is 2.45. The molecule has 1 fully saturated rings. The molecule has 3 aromatic rings. The predicted octanol–water partition coefficient (Wildman–Crippen LogP) is 3.85. The number of rotatable bonds is 6. The second kappa shape index (κ2) is 8.19. The minimum Gasteiger partial charge on any atom is -0.496 e. The van der Waals surface area contributed by atoms with Gasteiger partial charge in [-0.15, -0.1) is 0 Å². The zero-order valence-electron chi connectivity index (χ0n) is 16.1. The van der Waals surface area contributed by atoms with Crippen LogP contribution in [0.4, 0.5) is 0 Å². The van der Waals surface area contributed by atoms with Gasteiger partial charge in [0.2, 0.25) is 0 Å². The Morgan fingerprint density at radius 1 is 0.893 bits per heavy atom. The lowest BCUT2D eigenvalue weighted by molar-refractivity contribution is -0.0406. The van der Waals surface area contributed by atoms with Crippen molar-refractivity contribution in [3.05, 3.63) is 71.3 Å². The molecule has 4 rings (SSSR count). The highest BCUT2D eigenvalue weighted by Gasteiger charge is 2.29. The molecule has 28 heavy (non-hydrogen) atoms. The fourth-order valence-corrected chi connectivity index (χ4v) is 3.88. The lowest BCUT2D eigenvalue weighted by Crippen LogP contribution is -2.16. The molecule has 1 aliphatic heterocycles. The molecule has 0 aromatic heterocycles. The van der Waals surface area contributed by atoms with Crippen LogP contribution in [0.2, 0.25) is 0 Å². The summed E-state index contributed by atoms with van der Waals surface area (Å²) in [4.78, 5) is 0. The van der Waals surface area contributed by atoms with E-state index in [9.17, 15) is 5.11 Å². The SMILES string of the molecule is COc1c(CC2OCCO2)c(C(O)c2ccccc2)c(OC)c2ccccc12. The molecule has 1 atom stereocenters. The molecule has 1 saturated heterocycles. The van der Waals surface area contributed by atoms with Crippen LogP contribution in [0.15, 0.2) is 54.6 Å². The monoisotopic (exact) mass is 380 g/mol. The maximum Gasteiger partial charge on any atom is 0.161 e. The van der Waals surface area contributed by atoms with Crippen molar-refractivity contribution in [1.29, 1.82) is 0 Å². The van der Waals surface area contributed by atoms with Gasteiger partial charge in [0.05, 0.1) is 27.4 Å². The number of aliphatic hydroxyl groups is 1. The number of fused-ring (bicyclic) bond motifs is 1. The van der Waals surface area contributed by atoms with E-state index in [4.69, 9.17) is 18.9 Å². The van der Waals surface area contributed by atoms with Crippen molar-refractivity contribution in [1.82, 2.24) is 0 Å². The molecule has 1 N–H and O–H groups in total. The molecule has 1 aliphatic rings. The zero-order valence-corrected chi connectivity index (χ0v) is 16.1. The van der Waals surface area contributed by atoms with E-state index in [0.29, 0.717) is 36.7 Å². The summed E-state index contributed by atoms with van der Waals surface area (Å²) in [6.45, 7) is 1.13. The molecule has 0 spiro atoms. The van der Waals surface area contributed by atoms with Crippen molar-refractivity contribution in [2.45, 2.75) is 18.8 Å². The van der Waals surface area contributed by atoms with Crippen LogP contribution in [0.25, 0.3) is 10.8 Å². The van der Waals surface area contributed by atoms with Crippen LogP contribution in [0, 0.1) is 0 Å². The van der Waals surface area contributed by atoms with Crippen LogP contribution in [0.3, 0.4) is 0 Å². The second-order valence-corrected chi connectivity index (χ2v) is 6.69. The summed E-state index contributed by atoms with van der Waals surface area (Å²) in [5.74, 6) is 1.35. The van der Waals surface area contributed by atoms with E-state index in [-0.39, 0.29) is 6.29 Å². The maximum absolute atomic E-state index is 11.3. The van der Waals surface area contributed by atoms with Gasteiger partial charge in [0, 0.05) is 28.3 Å². The molecule has 0 amide bonds. The van der Waals surface area contributed by atoms with Gasteiger partial charge in [-0.3, -0.25) is 0 Å². The molecule has 1 unspecified atom stereocenters. The Balaban J connectivity index is 1.98. The normalized spacial score (nSPS) is 15.7. The number of aliphatic hydroxyl groups excluding tert-OH is 1. The lowest BCUT2D eigenvalue weighted by atomic mass is 9.89. The lowest BCUT2D eigenvalue weighted by Gasteiger charge is -2.25. The van der Waals surface area contributed by atoms with Gasteiger partial charge < -0.3 is 24.1 Å². The van der Waals surface area contributed by atoms with Crippen LogP contribution in [0.1, 0.15) is 22.8 Å². The first-order valence-corrected chi connectivity index (χ1v) is 9.36. The van der Waals surface area contributed by atoms with E-state index < -0.39 is 6.10 Å². The highest BCUT2D eigenvalue weighted by atomic mass is 16.7. The van der Waals surface area contributed by atoms with Gasteiger partial charge in [-0.25, -0.2) is 0 Å². The Labute approximate surface area is 164 Å². The second-order valence-electron chi connectivity index (χ2n) is 6.69. The molecule has 0 radical (unpaired) electrons. The largest absolute Gasteiger partial charge is 0.496 e. The number of hydrogen-bond donors (Lipinski definition) is 1. The molecule has 0 aliphatic carbocycles. The van der Waals surface area contributed by atoms with Gasteiger partial charge >= 0.3 is 0 Å². The van der Waals surface area contributed by atoms with Gasteiger partial charge in [-0.1, -0.05) is 54.6 Å². The number of ether oxygens (including phenoxy) is 4. The minimum atomic E-state index is -0.869. The van der Waals surface area contributed by atoms with Crippen LogP contribution in [0.5, 0.6) is 11.5 Å². The Morgan fingerprint density at radius 3 is 2.07 bits per heavy atom. The summed E-state index contributed by atoms with van der Waals surface area (Å²) in [6.07, 6.45) is -0.781. The van der Waals surface area contributed by atoms with Crippen molar-refractivity contribution >= 4 is 10.8 Å². The predicted molar refractivity (Wildman–Crippen MR) is 107 cm³/mol. The number of hydrogen-bond acceptors (Lipinski definition) is 5. The van der Waals surface area contributed by atoms with Gasteiger partial charge in [-0.2, -0.15) is 0 Å². The fourth-order valence-electron chi connectivity index (χ4n) is 3.88. The topological polar surface area (TPSA) is 57.2 Å². The van der Waals surface area contributed by atoms with Crippen LogP contribution in [-0.2, 0) is 15.9 Å². The average molecular weight is 380 g/mol. The highest BCUT2D eigenvalue weighted by molar-refractivity contribution is 5.96. The summed E-state index contributed by atoms with van der Waals surface area (Å²) in [5.41, 5.74) is 2.30. The molecular weight excluding hydrogens is 356 g/mol. The molecular formula is C23H24O5. The third-order valence-corrected chi connectivity index (χ3v) is 5.12. The van der Waals surface area contributed by atoms with Crippen molar-refractivity contribution in [2.75, 3.05) is 27.4 Å². The summed E-state index contributed by atoms with van der Waals surface area (Å²) in [6, 6.07) is 17.4. The average Bonchev–Trinajstić information content (AvgIpc) is 3.26. The van der Waals surface area contributed by atoms with Crippen molar-refractivity contribution < 1.29 is 24.1 Å². The quantitative estimate of drug-likeness (QED) is 0.704. The summed E-state index contributed by atoms with van der Waals surface area (Å²) in [5, 5.41) is 13.1. The third-order valence-electron chi connectivity index (χ3n) is 5.12. The van der Waals surface area contributed by atoms with E-state index in [1.54, 1.807) is 14.2 Å². The summed E-state index contributed by atoms with van der Waals surface area (Å²) < 4.78 is 23.0. The Hall–Kier alpha value is -2.60. The molecule has 5 heteroatoms. The van der Waals surface area contributed by atoms with Gasteiger partial charge in [0.15, 0.2) is 6.29 Å². The number of methoxy groups -OCH3 is 2. The minimum absolute atomic E-state index is 0.374. The molecule has 3 aromatic carbocycles. The standard InChI is InChI=1S/C23H24O5/c1-25-22-16-10-6-7-11-17(16)23(26-2)20(18(22)14-19-27-12-13-28-19)21(24)15-8-4-3-5-9-15/h3-11,19,21,24H,12-14H2,1-2H3. The van der Waals surface area contributed by atoms with Crippen molar-refractivity contribution in [2.24, 2.45) is 0 Å². The summed E-state index contributed by atoms with van der Waals surface area (Å²) >= 11 is 0. The van der Waals surface area contributed by atoms with Crippen LogP contribution < -0.4 is 9.47 Å². The van der Waals surface area contributed by atoms with E-state index in [1.165, 1.54) is 0 Å². The zero-order chi connectivity index (χ0) is 19.5. The summed E-state index contributed by atoms with van der Waals surface area (Å²) in [7, 11) is 3.27. The molecule has 0 bridgehead atoms. The smallest absolute Gasteiger partial charge is 0.161 e. The number of benzene rings is 3. The third kappa shape index (κ3) is 3.33. The molecule has 1 heterocycles. The molecule has 0 saturated carbocycles. The first-order chi connectivity index (χ1) is 13.7. The fraction of sp³-hybridized carbons (Fsp3) is 0.304. The van der Waals surface area contributed by atoms with E-state index in [0.717, 1.165) is 21.9 Å². The van der Waals surface area contributed by atoms with Crippen molar-refractivity contribution in [3.63, 3.8) is 0 Å². The van der Waals surface area contributed by atoms with Gasteiger partial charge in [0.1, 0.15) is 17.6 Å². The molecule has 146 valence electrons. The first-order valence-electron chi connectivity index (χ1n) is 9.36. The van der Waals surface area contributed by atoms with Crippen LogP contribution in [-0.4, -0.2) is 38.8 Å². The van der Waals surface area contributed by atoms with E-state index in [2.05, 4.69) is 0 Å². The van der Waals surface area contributed by atoms with E-state index in [1.807, 2.05) is 54.6 Å². The van der Waals surface area contributed by atoms with E-state index >= 15 is 0 Å². The van der Waals surface area contributed by atoms with Crippen molar-refractivity contribution in [3.8, 4) is 11.5 Å². The Kier molecular flexibility index (Phi) is 5.48.